The van der Waals surface area contributed by atoms with E-state index < -0.39 is 5.24 Å². The molecule has 1 aromatic heterocycles. The zero-order valence-electron chi connectivity index (χ0n) is 6.98. The smallest absolute Gasteiger partial charge is 0.252 e. The summed E-state index contributed by atoms with van der Waals surface area (Å²) in [5.74, 6) is 0. The van der Waals surface area contributed by atoms with Crippen molar-refractivity contribution < 1.29 is 4.79 Å². The highest BCUT2D eigenvalue weighted by Gasteiger charge is 2.02. The standard InChI is InChI=1S/C9H5ClN2O.ClH/c10-9(13)6-1-2-7-8(5-6)12-4-3-11-7;/h1-5H;1H. The third-order valence-electron chi connectivity index (χ3n) is 1.70. The first-order valence-electron chi connectivity index (χ1n) is 3.68. The molecular weight excluding hydrogens is 223 g/mol. The lowest BCUT2D eigenvalue weighted by Gasteiger charge is -1.96. The van der Waals surface area contributed by atoms with Gasteiger partial charge in [0.2, 0.25) is 0 Å². The normalized spacial score (nSPS) is 9.50. The summed E-state index contributed by atoms with van der Waals surface area (Å²) in [4.78, 5) is 18.9. The van der Waals surface area contributed by atoms with Crippen molar-refractivity contribution >= 4 is 40.3 Å². The van der Waals surface area contributed by atoms with Gasteiger partial charge in [-0.15, -0.1) is 12.4 Å². The molecule has 0 fully saturated rings. The van der Waals surface area contributed by atoms with Crippen molar-refractivity contribution in [3.63, 3.8) is 0 Å². The van der Waals surface area contributed by atoms with Crippen LogP contribution in [-0.2, 0) is 0 Å². The molecule has 0 N–H and O–H groups in total. The molecule has 0 saturated carbocycles. The van der Waals surface area contributed by atoms with E-state index in [0.29, 0.717) is 11.1 Å². The summed E-state index contributed by atoms with van der Waals surface area (Å²) in [7, 11) is 0. The Kier molecular flexibility index (Phi) is 3.38. The molecule has 0 amide bonds. The second-order valence-corrected chi connectivity index (χ2v) is 2.88. The highest BCUT2D eigenvalue weighted by atomic mass is 35.5. The quantitative estimate of drug-likeness (QED) is 0.705. The third-order valence-corrected chi connectivity index (χ3v) is 1.91. The van der Waals surface area contributed by atoms with E-state index in [2.05, 4.69) is 9.97 Å². The SMILES string of the molecule is Cl.O=C(Cl)c1ccc2nccnc2c1. The van der Waals surface area contributed by atoms with Crippen molar-refractivity contribution in [1.29, 1.82) is 0 Å². The van der Waals surface area contributed by atoms with Gasteiger partial charge in [-0.1, -0.05) is 0 Å². The van der Waals surface area contributed by atoms with Crippen LogP contribution < -0.4 is 0 Å². The third kappa shape index (κ3) is 2.00. The molecule has 1 heterocycles. The van der Waals surface area contributed by atoms with Crippen molar-refractivity contribution in [3.05, 3.63) is 36.2 Å². The van der Waals surface area contributed by atoms with Crippen LogP contribution in [0.1, 0.15) is 10.4 Å². The lowest BCUT2D eigenvalue weighted by Crippen LogP contribution is -1.90. The minimum Gasteiger partial charge on any atom is -0.276 e. The summed E-state index contributed by atoms with van der Waals surface area (Å²) >= 11 is 5.32. The number of hydrogen-bond donors (Lipinski definition) is 0. The predicted molar refractivity (Wildman–Crippen MR) is 57.0 cm³/mol. The van der Waals surface area contributed by atoms with Crippen LogP contribution in [0.2, 0.25) is 0 Å². The molecule has 5 heteroatoms. The number of carbonyl (C=O) groups is 1. The van der Waals surface area contributed by atoms with E-state index in [4.69, 9.17) is 11.6 Å². The van der Waals surface area contributed by atoms with Crippen LogP contribution >= 0.6 is 24.0 Å². The van der Waals surface area contributed by atoms with E-state index in [1.807, 2.05) is 0 Å². The van der Waals surface area contributed by atoms with E-state index in [-0.39, 0.29) is 12.4 Å². The second kappa shape index (κ2) is 4.35. The summed E-state index contributed by atoms with van der Waals surface area (Å²) in [6, 6.07) is 4.97. The van der Waals surface area contributed by atoms with Crippen LogP contribution in [-0.4, -0.2) is 15.2 Å². The molecule has 14 heavy (non-hydrogen) atoms. The van der Waals surface area contributed by atoms with Gasteiger partial charge < -0.3 is 0 Å². The fourth-order valence-corrected chi connectivity index (χ4v) is 1.20. The average molecular weight is 229 g/mol. The number of aromatic nitrogens is 2. The maximum Gasteiger partial charge on any atom is 0.252 e. The molecule has 0 radical (unpaired) electrons. The first-order chi connectivity index (χ1) is 6.27. The zero-order valence-corrected chi connectivity index (χ0v) is 8.55. The fraction of sp³-hybridized carbons (Fsp3) is 0. The largest absolute Gasteiger partial charge is 0.276 e. The Labute approximate surface area is 91.5 Å². The van der Waals surface area contributed by atoms with Crippen LogP contribution in [0.25, 0.3) is 11.0 Å². The van der Waals surface area contributed by atoms with Gasteiger partial charge in [0.15, 0.2) is 0 Å². The van der Waals surface area contributed by atoms with Gasteiger partial charge in [0.1, 0.15) is 0 Å². The number of halogens is 2. The molecule has 0 bridgehead atoms. The first kappa shape index (κ1) is 10.9. The Bertz CT molecular complexity index is 473. The molecule has 0 atom stereocenters. The Balaban J connectivity index is 0.000000980. The van der Waals surface area contributed by atoms with Crippen LogP contribution in [0, 0.1) is 0 Å². The van der Waals surface area contributed by atoms with Crippen molar-refractivity contribution in [3.8, 4) is 0 Å². The second-order valence-electron chi connectivity index (χ2n) is 2.53. The van der Waals surface area contributed by atoms with Gasteiger partial charge in [-0.05, 0) is 29.8 Å². The number of benzene rings is 1. The zero-order chi connectivity index (χ0) is 9.26. The van der Waals surface area contributed by atoms with Crippen molar-refractivity contribution in [2.24, 2.45) is 0 Å². The van der Waals surface area contributed by atoms with Crippen molar-refractivity contribution in [1.82, 2.24) is 9.97 Å². The summed E-state index contributed by atoms with van der Waals surface area (Å²) in [6.45, 7) is 0. The van der Waals surface area contributed by atoms with Crippen LogP contribution in [0.3, 0.4) is 0 Å². The molecule has 0 aliphatic carbocycles. The number of fused-ring (bicyclic) bond motifs is 1. The van der Waals surface area contributed by atoms with E-state index >= 15 is 0 Å². The molecule has 2 aromatic rings. The highest BCUT2D eigenvalue weighted by Crippen LogP contribution is 2.12. The van der Waals surface area contributed by atoms with Crippen molar-refractivity contribution in [2.75, 3.05) is 0 Å². The van der Waals surface area contributed by atoms with Gasteiger partial charge in [0, 0.05) is 18.0 Å². The fourth-order valence-electron chi connectivity index (χ4n) is 1.09. The molecule has 3 nitrogen and oxygen atoms in total. The molecule has 0 spiro atoms. The Morgan fingerprint density at radius 2 is 1.79 bits per heavy atom. The minimum atomic E-state index is -0.479. The van der Waals surface area contributed by atoms with E-state index in [9.17, 15) is 4.79 Å². The molecule has 1 aromatic carbocycles. The molecule has 0 saturated heterocycles. The summed E-state index contributed by atoms with van der Waals surface area (Å²) in [5, 5.41) is -0.479. The van der Waals surface area contributed by atoms with Crippen LogP contribution in [0.15, 0.2) is 30.6 Å². The number of carbonyl (C=O) groups excluding carboxylic acids is 1. The molecule has 0 unspecified atom stereocenters. The lowest BCUT2D eigenvalue weighted by atomic mass is 10.2. The van der Waals surface area contributed by atoms with Gasteiger partial charge in [-0.3, -0.25) is 14.8 Å². The van der Waals surface area contributed by atoms with Gasteiger partial charge >= 0.3 is 0 Å². The van der Waals surface area contributed by atoms with E-state index in [1.165, 1.54) is 0 Å². The van der Waals surface area contributed by atoms with Crippen LogP contribution in [0.4, 0.5) is 0 Å². The maximum absolute atomic E-state index is 10.8. The summed E-state index contributed by atoms with van der Waals surface area (Å²) in [6.07, 6.45) is 3.18. The predicted octanol–water partition coefficient (Wildman–Crippen LogP) is 2.43. The Morgan fingerprint density at radius 1 is 1.14 bits per heavy atom. The molecule has 2 rings (SSSR count). The number of hydrogen-bond acceptors (Lipinski definition) is 3. The minimum absolute atomic E-state index is 0. The summed E-state index contributed by atoms with van der Waals surface area (Å²) < 4.78 is 0. The number of rotatable bonds is 1. The topological polar surface area (TPSA) is 42.9 Å². The Morgan fingerprint density at radius 3 is 2.43 bits per heavy atom. The molecule has 72 valence electrons. The number of nitrogens with zero attached hydrogens (tertiary/aromatic N) is 2. The molecule has 0 aliphatic heterocycles. The lowest BCUT2D eigenvalue weighted by molar-refractivity contribution is 0.108. The van der Waals surface area contributed by atoms with Crippen LogP contribution in [0.5, 0.6) is 0 Å². The monoisotopic (exact) mass is 228 g/mol. The van der Waals surface area contributed by atoms with Gasteiger partial charge in [0.05, 0.1) is 11.0 Å². The Hall–Kier alpha value is -1.19. The molecule has 0 aliphatic rings. The maximum atomic E-state index is 10.8. The first-order valence-corrected chi connectivity index (χ1v) is 4.06. The van der Waals surface area contributed by atoms with E-state index in [1.54, 1.807) is 30.6 Å². The van der Waals surface area contributed by atoms with Crippen molar-refractivity contribution in [2.45, 2.75) is 0 Å². The van der Waals surface area contributed by atoms with Gasteiger partial charge in [0.25, 0.3) is 5.24 Å². The van der Waals surface area contributed by atoms with Gasteiger partial charge in [-0.2, -0.15) is 0 Å². The van der Waals surface area contributed by atoms with E-state index in [0.717, 1.165) is 5.52 Å². The van der Waals surface area contributed by atoms with Gasteiger partial charge in [-0.25, -0.2) is 0 Å². The highest BCUT2D eigenvalue weighted by molar-refractivity contribution is 6.67. The average Bonchev–Trinajstić information content (AvgIpc) is 2.17. The summed E-state index contributed by atoms with van der Waals surface area (Å²) in [5.41, 5.74) is 1.87. The molecular formula is C9H6Cl2N2O.